The quantitative estimate of drug-likeness (QED) is 0.0607. The van der Waals surface area contributed by atoms with Gasteiger partial charge in [0.2, 0.25) is 0 Å². The highest BCUT2D eigenvalue weighted by Gasteiger charge is 2.59. The summed E-state index contributed by atoms with van der Waals surface area (Å²) in [5, 5.41) is 0. The summed E-state index contributed by atoms with van der Waals surface area (Å²) in [6, 6.07) is 0. The fraction of sp³-hybridized carbons (Fsp3) is 0.891. The van der Waals surface area contributed by atoms with Crippen LogP contribution in [0.2, 0.25) is 0 Å². The minimum Gasteiger partial charge on any atom is -0.378 e. The Labute approximate surface area is 358 Å². The van der Waals surface area contributed by atoms with E-state index in [2.05, 4.69) is 105 Å². The summed E-state index contributed by atoms with van der Waals surface area (Å²) in [6.45, 7) is 21.8. The van der Waals surface area contributed by atoms with Crippen LogP contribution in [0.5, 0.6) is 0 Å². The first-order valence-electron chi connectivity index (χ1n) is 25.8. The molecule has 0 aromatic rings. The Kier molecular flexibility index (Phi) is 24.7. The lowest BCUT2D eigenvalue weighted by Crippen LogP contribution is -2.51. The topological polar surface area (TPSA) is 12.5 Å². The van der Waals surface area contributed by atoms with Crippen LogP contribution >= 0.6 is 0 Å². The van der Waals surface area contributed by atoms with Gasteiger partial charge in [-0.25, -0.2) is 0 Å². The Bertz CT molecular complexity index is 1120. The SMILES string of the molecule is CCC(CCCO[C@H]1CCC2(C)C(=CCC3C2CCC2(C)C(C(C)CCCC(C)C)CCC32)C1)CN(C)C.CCCCC/C=C\C/C=C\CCCCCCCCC. The molecule has 0 spiro atoms. The third-order valence-corrected chi connectivity index (χ3v) is 16.1. The Balaban J connectivity index is 0.000000388. The molecule has 0 radical (unpaired) electrons. The van der Waals surface area contributed by atoms with Gasteiger partial charge in [0, 0.05) is 13.2 Å². The molecule has 332 valence electrons. The second-order valence-electron chi connectivity index (χ2n) is 21.3. The van der Waals surface area contributed by atoms with Gasteiger partial charge in [0.15, 0.2) is 0 Å². The van der Waals surface area contributed by atoms with Gasteiger partial charge in [-0.3, -0.25) is 0 Å². The van der Waals surface area contributed by atoms with Gasteiger partial charge in [-0.05, 0) is 163 Å². The maximum atomic E-state index is 6.53. The van der Waals surface area contributed by atoms with Crippen molar-refractivity contribution < 1.29 is 4.74 Å². The van der Waals surface area contributed by atoms with Crippen molar-refractivity contribution in [1.82, 2.24) is 4.90 Å². The number of allylic oxidation sites excluding steroid dienone is 5. The van der Waals surface area contributed by atoms with E-state index in [1.807, 2.05) is 0 Å². The lowest BCUT2D eigenvalue weighted by molar-refractivity contribution is -0.0642. The van der Waals surface area contributed by atoms with Gasteiger partial charge in [-0.1, -0.05) is 168 Å². The Morgan fingerprint density at radius 1 is 0.719 bits per heavy atom. The summed E-state index contributed by atoms with van der Waals surface area (Å²) < 4.78 is 6.53. The van der Waals surface area contributed by atoms with Gasteiger partial charge in [0.1, 0.15) is 0 Å². The van der Waals surface area contributed by atoms with Crippen LogP contribution in [-0.2, 0) is 4.74 Å². The zero-order valence-electron chi connectivity index (χ0n) is 40.4. The summed E-state index contributed by atoms with van der Waals surface area (Å²) in [5.41, 5.74) is 2.84. The van der Waals surface area contributed by atoms with Gasteiger partial charge in [-0.15, -0.1) is 0 Å². The molecule has 8 unspecified atom stereocenters. The van der Waals surface area contributed by atoms with Crippen molar-refractivity contribution in [1.29, 1.82) is 0 Å². The van der Waals surface area contributed by atoms with E-state index >= 15 is 0 Å². The van der Waals surface area contributed by atoms with Crippen LogP contribution in [0.3, 0.4) is 0 Å². The number of unbranched alkanes of at least 4 members (excludes halogenated alkanes) is 10. The molecule has 0 aromatic carbocycles. The normalized spacial score (nSPS) is 29.6. The van der Waals surface area contributed by atoms with E-state index in [4.69, 9.17) is 4.74 Å². The number of ether oxygens (including phenoxy) is 1. The molecule has 0 heterocycles. The molecule has 2 heteroatoms. The van der Waals surface area contributed by atoms with Crippen LogP contribution in [0.25, 0.3) is 0 Å². The van der Waals surface area contributed by atoms with Crippen molar-refractivity contribution in [3.8, 4) is 0 Å². The van der Waals surface area contributed by atoms with Crippen molar-refractivity contribution in [3.63, 3.8) is 0 Å². The number of hydrogen-bond acceptors (Lipinski definition) is 2. The molecule has 4 aliphatic rings. The molecule has 3 saturated carbocycles. The van der Waals surface area contributed by atoms with Crippen molar-refractivity contribution in [2.75, 3.05) is 27.2 Å². The minimum atomic E-state index is 0.449. The lowest BCUT2D eigenvalue weighted by atomic mass is 9.47. The summed E-state index contributed by atoms with van der Waals surface area (Å²) in [6.07, 6.45) is 49.5. The van der Waals surface area contributed by atoms with Crippen LogP contribution in [0.1, 0.15) is 229 Å². The molecule has 0 amide bonds. The molecular formula is C55H101NO. The van der Waals surface area contributed by atoms with Gasteiger partial charge in [0.05, 0.1) is 6.10 Å². The first-order chi connectivity index (χ1) is 27.5. The average Bonchev–Trinajstić information content (AvgIpc) is 3.55. The maximum Gasteiger partial charge on any atom is 0.0612 e. The van der Waals surface area contributed by atoms with Crippen molar-refractivity contribution in [2.24, 2.45) is 52.3 Å². The summed E-state index contributed by atoms with van der Waals surface area (Å²) in [7, 11) is 4.40. The van der Waals surface area contributed by atoms with Gasteiger partial charge < -0.3 is 9.64 Å². The lowest BCUT2D eigenvalue weighted by Gasteiger charge is -2.58. The second-order valence-corrected chi connectivity index (χ2v) is 21.3. The molecule has 2 nitrogen and oxygen atoms in total. The number of hydrogen-bond donors (Lipinski definition) is 0. The average molecular weight is 792 g/mol. The van der Waals surface area contributed by atoms with Gasteiger partial charge in [-0.2, -0.15) is 0 Å². The fourth-order valence-corrected chi connectivity index (χ4v) is 12.6. The molecular weight excluding hydrogens is 691 g/mol. The molecule has 0 bridgehead atoms. The van der Waals surface area contributed by atoms with E-state index in [0.29, 0.717) is 16.9 Å². The molecule has 4 rings (SSSR count). The van der Waals surface area contributed by atoms with Crippen LogP contribution in [0.15, 0.2) is 36.0 Å². The van der Waals surface area contributed by atoms with E-state index in [1.54, 1.807) is 5.57 Å². The second kappa shape index (κ2) is 27.9. The van der Waals surface area contributed by atoms with E-state index in [1.165, 1.54) is 173 Å². The van der Waals surface area contributed by atoms with E-state index < -0.39 is 0 Å². The van der Waals surface area contributed by atoms with Gasteiger partial charge in [0.25, 0.3) is 0 Å². The van der Waals surface area contributed by atoms with Crippen molar-refractivity contribution >= 4 is 0 Å². The predicted octanol–water partition coefficient (Wildman–Crippen LogP) is 17.0. The Morgan fingerprint density at radius 3 is 2.05 bits per heavy atom. The standard InChI is InChI=1S/C36H65NO.C19H36/c1-9-28(25-37(7)8)14-11-23-38-30-19-21-35(5)29(24-30)15-16-31-33-18-17-32(27(4)13-10-12-26(2)3)36(33,6)22-20-34(31)35;1-3-5-7-9-11-13-15-17-19-18-16-14-12-10-8-6-4-2/h15,26-28,30-34H,9-14,16-25H2,1-8H3;11,13,17,19H,3-10,12,14-16,18H2,1-2H3/b;13-11-,19-17-/t27?,28?,30-,31?,32?,33?,34?,35?,36?;/m0./s1. The predicted molar refractivity (Wildman–Crippen MR) is 254 cm³/mol. The largest absolute Gasteiger partial charge is 0.378 e. The maximum absolute atomic E-state index is 6.53. The molecule has 0 aromatic heterocycles. The monoisotopic (exact) mass is 792 g/mol. The van der Waals surface area contributed by atoms with Crippen molar-refractivity contribution in [3.05, 3.63) is 36.0 Å². The zero-order chi connectivity index (χ0) is 41.5. The summed E-state index contributed by atoms with van der Waals surface area (Å²) >= 11 is 0. The number of fused-ring (bicyclic) bond motifs is 5. The first-order valence-corrected chi connectivity index (χ1v) is 25.8. The van der Waals surface area contributed by atoms with E-state index in [-0.39, 0.29) is 0 Å². The number of rotatable bonds is 27. The molecule has 0 N–H and O–H groups in total. The third-order valence-electron chi connectivity index (χ3n) is 16.1. The molecule has 0 saturated heterocycles. The van der Waals surface area contributed by atoms with Crippen LogP contribution in [0, 0.1) is 52.3 Å². The van der Waals surface area contributed by atoms with Gasteiger partial charge >= 0.3 is 0 Å². The number of nitrogens with zero attached hydrogens (tertiary/aromatic N) is 1. The van der Waals surface area contributed by atoms with E-state index in [0.717, 1.165) is 54.5 Å². The first kappa shape index (κ1) is 50.5. The van der Waals surface area contributed by atoms with Crippen LogP contribution < -0.4 is 0 Å². The summed E-state index contributed by atoms with van der Waals surface area (Å²) in [4.78, 5) is 2.34. The molecule has 3 fully saturated rings. The van der Waals surface area contributed by atoms with E-state index in [9.17, 15) is 0 Å². The smallest absolute Gasteiger partial charge is 0.0612 e. The highest BCUT2D eigenvalue weighted by molar-refractivity contribution is 5.25. The Hall–Kier alpha value is -0.860. The molecule has 0 aliphatic heterocycles. The zero-order valence-corrected chi connectivity index (χ0v) is 40.4. The third kappa shape index (κ3) is 16.8. The van der Waals surface area contributed by atoms with Crippen LogP contribution in [0.4, 0.5) is 0 Å². The molecule has 57 heavy (non-hydrogen) atoms. The minimum absolute atomic E-state index is 0.449. The molecule has 9 atom stereocenters. The highest BCUT2D eigenvalue weighted by Crippen LogP contribution is 2.67. The highest BCUT2D eigenvalue weighted by atomic mass is 16.5. The Morgan fingerprint density at radius 2 is 1.39 bits per heavy atom. The van der Waals surface area contributed by atoms with Crippen molar-refractivity contribution in [2.45, 2.75) is 235 Å². The fourth-order valence-electron chi connectivity index (χ4n) is 12.6. The summed E-state index contributed by atoms with van der Waals surface area (Å²) in [5.74, 6) is 6.38. The van der Waals surface area contributed by atoms with Crippen LogP contribution in [-0.4, -0.2) is 38.3 Å². The molecule has 4 aliphatic carbocycles.